The highest BCUT2D eigenvalue weighted by atomic mass is 16.2. The average Bonchev–Trinajstić information content (AvgIpc) is 2.44. The Morgan fingerprint density at radius 3 is 1.87 bits per heavy atom. The molecule has 2 amide bonds. The van der Waals surface area contributed by atoms with E-state index in [-0.39, 0.29) is 11.8 Å². The maximum Gasteiger partial charge on any atom is 0.277 e. The molecule has 0 heterocycles. The summed E-state index contributed by atoms with van der Waals surface area (Å²) in [7, 11) is 0. The Kier molecular flexibility index (Phi) is 4.84. The molecule has 2 rings (SSSR count). The smallest absolute Gasteiger partial charge is 0.274 e. The molecule has 0 bridgehead atoms. The number of rotatable bonds is 2. The minimum atomic E-state index is -0.290. The minimum Gasteiger partial charge on any atom is -0.274 e. The van der Waals surface area contributed by atoms with E-state index in [1.165, 1.54) is 11.9 Å². The molecule has 120 valence electrons. The maximum atomic E-state index is 13.0. The molecule has 2 aromatic carbocycles. The summed E-state index contributed by atoms with van der Waals surface area (Å²) >= 11 is 0. The molecule has 0 atom stereocenters. The Hall–Kier alpha value is -2.62. The Morgan fingerprint density at radius 1 is 0.870 bits per heavy atom. The predicted molar refractivity (Wildman–Crippen MR) is 92.5 cm³/mol. The van der Waals surface area contributed by atoms with Crippen LogP contribution in [0.5, 0.6) is 0 Å². The van der Waals surface area contributed by atoms with Crippen molar-refractivity contribution in [3.05, 3.63) is 64.2 Å². The zero-order valence-electron chi connectivity index (χ0n) is 14.2. The van der Waals surface area contributed by atoms with Crippen molar-refractivity contribution in [1.29, 1.82) is 0 Å². The molecule has 0 saturated heterocycles. The molecular formula is C19H22N2O2. The number of anilines is 1. The van der Waals surface area contributed by atoms with Gasteiger partial charge in [-0.15, -0.1) is 0 Å². The molecule has 4 nitrogen and oxygen atoms in total. The Morgan fingerprint density at radius 2 is 1.39 bits per heavy atom. The van der Waals surface area contributed by atoms with E-state index in [0.717, 1.165) is 22.3 Å². The van der Waals surface area contributed by atoms with Gasteiger partial charge < -0.3 is 0 Å². The fourth-order valence-electron chi connectivity index (χ4n) is 2.71. The number of carbonyl (C=O) groups excluding carboxylic acids is 2. The summed E-state index contributed by atoms with van der Waals surface area (Å²) in [5.74, 6) is -0.527. The molecule has 0 aliphatic rings. The van der Waals surface area contributed by atoms with Gasteiger partial charge in [0.1, 0.15) is 0 Å². The van der Waals surface area contributed by atoms with Crippen LogP contribution in [0, 0.1) is 27.7 Å². The number of carbonyl (C=O) groups is 2. The summed E-state index contributed by atoms with van der Waals surface area (Å²) < 4.78 is 0. The van der Waals surface area contributed by atoms with Crippen LogP contribution in [-0.2, 0) is 4.79 Å². The van der Waals surface area contributed by atoms with Gasteiger partial charge in [-0.3, -0.25) is 15.0 Å². The first-order valence-corrected chi connectivity index (χ1v) is 7.56. The van der Waals surface area contributed by atoms with Gasteiger partial charge in [0.15, 0.2) is 0 Å². The first kappa shape index (κ1) is 16.7. The average molecular weight is 310 g/mol. The molecule has 4 heteroatoms. The molecule has 0 fully saturated rings. The number of amides is 2. The zero-order chi connectivity index (χ0) is 17.1. The first-order chi connectivity index (χ1) is 10.8. The van der Waals surface area contributed by atoms with Gasteiger partial charge in [0.2, 0.25) is 5.91 Å². The van der Waals surface area contributed by atoms with Gasteiger partial charge >= 0.3 is 0 Å². The molecule has 1 N–H and O–H groups in total. The van der Waals surface area contributed by atoms with Crippen molar-refractivity contribution < 1.29 is 9.59 Å². The van der Waals surface area contributed by atoms with Crippen molar-refractivity contribution in [3.63, 3.8) is 0 Å². The molecule has 0 spiro atoms. The van der Waals surface area contributed by atoms with Crippen molar-refractivity contribution in [2.45, 2.75) is 34.6 Å². The SMILES string of the molecule is CC(=O)NN(C(=O)c1c(C)cc(C)cc1C)c1ccc(C)cc1. The van der Waals surface area contributed by atoms with Crippen molar-refractivity contribution in [3.8, 4) is 0 Å². The second-order valence-electron chi connectivity index (χ2n) is 5.92. The first-order valence-electron chi connectivity index (χ1n) is 7.56. The highest BCUT2D eigenvalue weighted by molar-refractivity contribution is 6.09. The van der Waals surface area contributed by atoms with E-state index in [4.69, 9.17) is 0 Å². The van der Waals surface area contributed by atoms with E-state index in [0.29, 0.717) is 11.3 Å². The molecular weight excluding hydrogens is 288 g/mol. The van der Waals surface area contributed by atoms with Crippen LogP contribution in [0.15, 0.2) is 36.4 Å². The monoisotopic (exact) mass is 310 g/mol. The number of hydrazine groups is 1. The molecule has 23 heavy (non-hydrogen) atoms. The number of hydrogen-bond acceptors (Lipinski definition) is 2. The van der Waals surface area contributed by atoms with E-state index in [1.807, 2.05) is 64.1 Å². The Bertz CT molecular complexity index is 725. The van der Waals surface area contributed by atoms with E-state index in [1.54, 1.807) is 0 Å². The molecule has 0 aliphatic heterocycles. The summed E-state index contributed by atoms with van der Waals surface area (Å²) in [6.07, 6.45) is 0. The zero-order valence-corrected chi connectivity index (χ0v) is 14.2. The van der Waals surface area contributed by atoms with E-state index in [2.05, 4.69) is 5.43 Å². The Labute approximate surface area is 137 Å². The van der Waals surface area contributed by atoms with Crippen LogP contribution in [-0.4, -0.2) is 11.8 Å². The van der Waals surface area contributed by atoms with Crippen LogP contribution in [0.4, 0.5) is 5.69 Å². The molecule has 0 unspecified atom stereocenters. The fourth-order valence-corrected chi connectivity index (χ4v) is 2.71. The quantitative estimate of drug-likeness (QED) is 0.861. The normalized spacial score (nSPS) is 10.3. The summed E-state index contributed by atoms with van der Waals surface area (Å²) in [5, 5.41) is 1.31. The van der Waals surface area contributed by atoms with Crippen LogP contribution < -0.4 is 10.4 Å². The third kappa shape index (κ3) is 3.77. The minimum absolute atomic E-state index is 0.237. The van der Waals surface area contributed by atoms with Gasteiger partial charge in [-0.05, 0) is 51.0 Å². The van der Waals surface area contributed by atoms with E-state index < -0.39 is 0 Å². The van der Waals surface area contributed by atoms with Gasteiger partial charge in [0.05, 0.1) is 5.69 Å². The van der Waals surface area contributed by atoms with Gasteiger partial charge in [0.25, 0.3) is 5.91 Å². The maximum absolute atomic E-state index is 13.0. The lowest BCUT2D eigenvalue weighted by Crippen LogP contribution is -2.46. The van der Waals surface area contributed by atoms with E-state index >= 15 is 0 Å². The highest BCUT2D eigenvalue weighted by Gasteiger charge is 2.22. The number of aryl methyl sites for hydroxylation is 4. The largest absolute Gasteiger partial charge is 0.277 e. The van der Waals surface area contributed by atoms with Gasteiger partial charge in [-0.1, -0.05) is 35.4 Å². The highest BCUT2D eigenvalue weighted by Crippen LogP contribution is 2.22. The molecule has 0 aliphatic carbocycles. The van der Waals surface area contributed by atoms with Gasteiger partial charge in [-0.25, -0.2) is 5.01 Å². The lowest BCUT2D eigenvalue weighted by atomic mass is 9.99. The lowest BCUT2D eigenvalue weighted by molar-refractivity contribution is -0.119. The number of hydrogen-bond donors (Lipinski definition) is 1. The molecule has 0 radical (unpaired) electrons. The third-order valence-electron chi connectivity index (χ3n) is 3.66. The topological polar surface area (TPSA) is 49.4 Å². The van der Waals surface area contributed by atoms with Gasteiger partial charge in [-0.2, -0.15) is 0 Å². The Balaban J connectivity index is 2.49. The number of benzene rings is 2. The van der Waals surface area contributed by atoms with Crippen molar-refractivity contribution in [2.75, 3.05) is 5.01 Å². The summed E-state index contributed by atoms with van der Waals surface area (Å²) in [5.41, 5.74) is 7.87. The molecule has 0 saturated carbocycles. The van der Waals surface area contributed by atoms with Crippen LogP contribution >= 0.6 is 0 Å². The summed E-state index contributed by atoms with van der Waals surface area (Å²) in [4.78, 5) is 24.6. The molecule has 0 aromatic heterocycles. The van der Waals surface area contributed by atoms with Crippen LogP contribution in [0.1, 0.15) is 39.5 Å². The summed E-state index contributed by atoms with van der Waals surface area (Å²) in [6, 6.07) is 11.4. The molecule has 2 aromatic rings. The van der Waals surface area contributed by atoms with E-state index in [9.17, 15) is 9.59 Å². The van der Waals surface area contributed by atoms with Crippen molar-refractivity contribution in [2.24, 2.45) is 0 Å². The number of nitrogens with zero attached hydrogens (tertiary/aromatic N) is 1. The summed E-state index contributed by atoms with van der Waals surface area (Å²) in [6.45, 7) is 9.19. The fraction of sp³-hybridized carbons (Fsp3) is 0.263. The third-order valence-corrected chi connectivity index (χ3v) is 3.66. The number of nitrogens with one attached hydrogen (secondary N) is 1. The van der Waals surface area contributed by atoms with Crippen molar-refractivity contribution >= 4 is 17.5 Å². The predicted octanol–water partition coefficient (Wildman–Crippen LogP) is 3.62. The van der Waals surface area contributed by atoms with Crippen LogP contribution in [0.25, 0.3) is 0 Å². The van der Waals surface area contributed by atoms with Crippen molar-refractivity contribution in [1.82, 2.24) is 5.43 Å². The van der Waals surface area contributed by atoms with Crippen LogP contribution in [0.2, 0.25) is 0 Å². The second-order valence-corrected chi connectivity index (χ2v) is 5.92. The standard InChI is InChI=1S/C19H22N2O2/c1-12-6-8-17(9-7-12)21(20-16(5)22)19(23)18-14(3)10-13(2)11-15(18)4/h6-11H,1-5H3,(H,20,22). The van der Waals surface area contributed by atoms with Crippen LogP contribution in [0.3, 0.4) is 0 Å². The van der Waals surface area contributed by atoms with Gasteiger partial charge in [0, 0.05) is 12.5 Å². The lowest BCUT2D eigenvalue weighted by Gasteiger charge is -2.24. The second kappa shape index (κ2) is 6.65.